The number of aliphatic hydroxyl groups is 1. The van der Waals surface area contributed by atoms with E-state index in [9.17, 15) is 5.11 Å². The Kier molecular flexibility index (Phi) is 1.78. The van der Waals surface area contributed by atoms with E-state index >= 15 is 0 Å². The lowest BCUT2D eigenvalue weighted by molar-refractivity contribution is 0.123. The van der Waals surface area contributed by atoms with Crippen molar-refractivity contribution in [2.75, 3.05) is 0 Å². The van der Waals surface area contributed by atoms with Gasteiger partial charge >= 0.3 is 0 Å². The smallest absolute Gasteiger partial charge is 0.0719 e. The predicted octanol–water partition coefficient (Wildman–Crippen LogP) is 0.350. The van der Waals surface area contributed by atoms with Crippen LogP contribution >= 0.6 is 0 Å². The van der Waals surface area contributed by atoms with Crippen molar-refractivity contribution in [1.29, 1.82) is 0 Å². The molecule has 0 bridgehead atoms. The first-order chi connectivity index (χ1) is 4.13. The largest absolute Gasteiger partial charge is 0.391 e. The van der Waals surface area contributed by atoms with Crippen LogP contribution in [0.2, 0.25) is 0 Å². The van der Waals surface area contributed by atoms with Crippen molar-refractivity contribution in [2.24, 2.45) is 17.6 Å². The highest BCUT2D eigenvalue weighted by molar-refractivity contribution is 4.91. The highest BCUT2D eigenvalue weighted by Gasteiger charge is 2.39. The van der Waals surface area contributed by atoms with Crippen molar-refractivity contribution in [2.45, 2.75) is 32.4 Å². The second kappa shape index (κ2) is 2.27. The van der Waals surface area contributed by atoms with E-state index in [0.29, 0.717) is 11.8 Å². The van der Waals surface area contributed by atoms with Gasteiger partial charge in [0.15, 0.2) is 0 Å². The molecule has 0 heterocycles. The lowest BCUT2D eigenvalue weighted by Crippen LogP contribution is -2.33. The molecule has 0 aromatic carbocycles. The fraction of sp³-hybridized carbons (Fsp3) is 1.00. The lowest BCUT2D eigenvalue weighted by Gasteiger charge is -2.12. The molecule has 0 spiro atoms. The zero-order valence-corrected chi connectivity index (χ0v) is 6.04. The fourth-order valence-electron chi connectivity index (χ4n) is 1.22. The minimum absolute atomic E-state index is 0.0556. The van der Waals surface area contributed by atoms with Crippen LogP contribution in [0.4, 0.5) is 0 Å². The van der Waals surface area contributed by atoms with Crippen molar-refractivity contribution in [1.82, 2.24) is 0 Å². The quantitative estimate of drug-likeness (QED) is 0.565. The lowest BCUT2D eigenvalue weighted by atomic mass is 10.1. The summed E-state index contributed by atoms with van der Waals surface area (Å²) in [6.07, 6.45) is 0.892. The van der Waals surface area contributed by atoms with Crippen LogP contribution in [0.3, 0.4) is 0 Å². The number of hydrogen-bond donors (Lipinski definition) is 2. The molecule has 1 aliphatic carbocycles. The first-order valence-electron chi connectivity index (χ1n) is 3.56. The van der Waals surface area contributed by atoms with E-state index < -0.39 is 0 Å². The number of aliphatic hydroxyl groups excluding tert-OH is 1. The van der Waals surface area contributed by atoms with E-state index in [0.717, 1.165) is 6.42 Å². The van der Waals surface area contributed by atoms with Gasteiger partial charge in [-0.3, -0.25) is 0 Å². The van der Waals surface area contributed by atoms with Crippen molar-refractivity contribution in [3.63, 3.8) is 0 Å². The highest BCUT2D eigenvalue weighted by Crippen LogP contribution is 2.41. The SMILES string of the molecule is CC1CC1C(O)[C@H](C)N. The van der Waals surface area contributed by atoms with Crippen molar-refractivity contribution < 1.29 is 5.11 Å². The molecule has 0 aromatic rings. The Morgan fingerprint density at radius 3 is 2.22 bits per heavy atom. The molecule has 2 nitrogen and oxygen atoms in total. The monoisotopic (exact) mass is 129 g/mol. The normalized spacial score (nSPS) is 40.0. The Balaban J connectivity index is 2.27. The molecule has 9 heavy (non-hydrogen) atoms. The zero-order valence-electron chi connectivity index (χ0n) is 6.04. The fourth-order valence-corrected chi connectivity index (χ4v) is 1.22. The second-order valence-electron chi connectivity index (χ2n) is 3.23. The molecule has 4 atom stereocenters. The van der Waals surface area contributed by atoms with Gasteiger partial charge in [0.05, 0.1) is 6.10 Å². The number of hydrogen-bond acceptors (Lipinski definition) is 2. The molecular formula is C7H15NO. The highest BCUT2D eigenvalue weighted by atomic mass is 16.3. The number of rotatable bonds is 2. The standard InChI is InChI=1S/C7H15NO/c1-4-3-6(4)7(9)5(2)8/h4-7,9H,3,8H2,1-2H3/t4?,5-,6?,7?/m0/s1. The first kappa shape index (κ1) is 7.03. The minimum Gasteiger partial charge on any atom is -0.391 e. The molecule has 2 heteroatoms. The van der Waals surface area contributed by atoms with Crippen molar-refractivity contribution in [3.8, 4) is 0 Å². The molecule has 0 aromatic heterocycles. The summed E-state index contributed by atoms with van der Waals surface area (Å²) >= 11 is 0. The molecule has 54 valence electrons. The van der Waals surface area contributed by atoms with E-state index in [1.165, 1.54) is 0 Å². The molecule has 1 rings (SSSR count). The van der Waals surface area contributed by atoms with E-state index in [1.807, 2.05) is 6.92 Å². The third-order valence-corrected chi connectivity index (χ3v) is 2.15. The summed E-state index contributed by atoms with van der Waals surface area (Å²) in [4.78, 5) is 0. The summed E-state index contributed by atoms with van der Waals surface area (Å²) in [5.74, 6) is 1.19. The van der Waals surface area contributed by atoms with Gasteiger partial charge in [0.1, 0.15) is 0 Å². The molecule has 1 aliphatic rings. The third-order valence-electron chi connectivity index (χ3n) is 2.15. The van der Waals surface area contributed by atoms with Crippen LogP contribution in [0.15, 0.2) is 0 Å². The van der Waals surface area contributed by atoms with E-state index in [-0.39, 0.29) is 12.1 Å². The molecular weight excluding hydrogens is 114 g/mol. The van der Waals surface area contributed by atoms with Crippen LogP contribution in [-0.4, -0.2) is 17.3 Å². The van der Waals surface area contributed by atoms with Crippen LogP contribution in [-0.2, 0) is 0 Å². The first-order valence-corrected chi connectivity index (χ1v) is 3.56. The molecule has 0 aliphatic heterocycles. The summed E-state index contributed by atoms with van der Waals surface area (Å²) < 4.78 is 0. The van der Waals surface area contributed by atoms with Gasteiger partial charge in [-0.2, -0.15) is 0 Å². The maximum absolute atomic E-state index is 9.31. The topological polar surface area (TPSA) is 46.2 Å². The molecule has 3 N–H and O–H groups in total. The maximum Gasteiger partial charge on any atom is 0.0719 e. The summed E-state index contributed by atoms with van der Waals surface area (Å²) in [5, 5.41) is 9.31. The van der Waals surface area contributed by atoms with Gasteiger partial charge in [-0.05, 0) is 25.2 Å². The van der Waals surface area contributed by atoms with E-state index in [2.05, 4.69) is 6.92 Å². The molecule has 0 radical (unpaired) electrons. The minimum atomic E-state index is -0.264. The van der Waals surface area contributed by atoms with Crippen LogP contribution in [0.5, 0.6) is 0 Å². The Morgan fingerprint density at radius 2 is 2.11 bits per heavy atom. The third kappa shape index (κ3) is 1.43. The van der Waals surface area contributed by atoms with Crippen LogP contribution < -0.4 is 5.73 Å². The van der Waals surface area contributed by atoms with Gasteiger partial charge in [0.25, 0.3) is 0 Å². The second-order valence-corrected chi connectivity index (χ2v) is 3.23. The van der Waals surface area contributed by atoms with Crippen molar-refractivity contribution in [3.05, 3.63) is 0 Å². The summed E-state index contributed by atoms with van der Waals surface area (Å²) in [7, 11) is 0. The average molecular weight is 129 g/mol. The molecule has 0 saturated heterocycles. The van der Waals surface area contributed by atoms with Gasteiger partial charge in [0.2, 0.25) is 0 Å². The van der Waals surface area contributed by atoms with Crippen LogP contribution in [0, 0.1) is 11.8 Å². The molecule has 1 fully saturated rings. The number of nitrogens with two attached hydrogens (primary N) is 1. The molecule has 0 amide bonds. The molecule has 3 unspecified atom stereocenters. The predicted molar refractivity (Wildman–Crippen MR) is 36.9 cm³/mol. The Labute approximate surface area is 56.1 Å². The van der Waals surface area contributed by atoms with E-state index in [1.54, 1.807) is 0 Å². The van der Waals surface area contributed by atoms with Gasteiger partial charge in [-0.1, -0.05) is 6.92 Å². The zero-order chi connectivity index (χ0) is 7.02. The van der Waals surface area contributed by atoms with Crippen LogP contribution in [0.1, 0.15) is 20.3 Å². The van der Waals surface area contributed by atoms with Gasteiger partial charge in [-0.25, -0.2) is 0 Å². The van der Waals surface area contributed by atoms with Crippen LogP contribution in [0.25, 0.3) is 0 Å². The average Bonchev–Trinajstić information content (AvgIpc) is 2.44. The van der Waals surface area contributed by atoms with Gasteiger partial charge in [0, 0.05) is 6.04 Å². The Morgan fingerprint density at radius 1 is 1.67 bits per heavy atom. The van der Waals surface area contributed by atoms with Crippen molar-refractivity contribution >= 4 is 0 Å². The molecule has 1 saturated carbocycles. The summed E-state index contributed by atoms with van der Waals surface area (Å²) in [5.41, 5.74) is 5.49. The summed E-state index contributed by atoms with van der Waals surface area (Å²) in [6, 6.07) is -0.0556. The maximum atomic E-state index is 9.31. The van der Waals surface area contributed by atoms with Gasteiger partial charge < -0.3 is 10.8 Å². The van der Waals surface area contributed by atoms with E-state index in [4.69, 9.17) is 5.73 Å². The summed E-state index contributed by atoms with van der Waals surface area (Å²) in [6.45, 7) is 4.01. The Hall–Kier alpha value is -0.0800. The Bertz CT molecular complexity index is 103. The van der Waals surface area contributed by atoms with Gasteiger partial charge in [-0.15, -0.1) is 0 Å².